The van der Waals surface area contributed by atoms with Crippen molar-refractivity contribution in [1.29, 1.82) is 0 Å². The summed E-state index contributed by atoms with van der Waals surface area (Å²) in [5.41, 5.74) is 3.78. The van der Waals surface area contributed by atoms with Gasteiger partial charge in [0.25, 0.3) is 5.91 Å². The fourth-order valence-electron chi connectivity index (χ4n) is 2.26. The fourth-order valence-corrected chi connectivity index (χ4v) is 2.70. The lowest BCUT2D eigenvalue weighted by Gasteiger charge is -2.17. The molecule has 21 heavy (non-hydrogen) atoms. The zero-order chi connectivity index (χ0) is 15.6. The summed E-state index contributed by atoms with van der Waals surface area (Å²) in [6, 6.07) is 5.89. The van der Waals surface area contributed by atoms with Crippen LogP contribution in [0.15, 0.2) is 28.9 Å². The average molecular weight is 350 g/mol. The topological polar surface area (TPSA) is 38.1 Å². The lowest BCUT2D eigenvalue weighted by Crippen LogP contribution is -2.27. The number of halogens is 1. The van der Waals surface area contributed by atoms with Gasteiger partial charge in [-0.15, -0.1) is 0 Å². The molecule has 0 bridgehead atoms. The molecule has 0 spiro atoms. The molecule has 0 aliphatic heterocycles. The van der Waals surface area contributed by atoms with E-state index in [1.54, 1.807) is 11.9 Å². The van der Waals surface area contributed by atoms with Gasteiger partial charge in [-0.1, -0.05) is 17.7 Å². The normalized spacial score (nSPS) is 10.7. The number of nitrogens with zero attached hydrogens (tertiary/aromatic N) is 3. The highest BCUT2D eigenvalue weighted by molar-refractivity contribution is 9.10. The van der Waals surface area contributed by atoms with Crippen LogP contribution in [0.4, 0.5) is 0 Å². The van der Waals surface area contributed by atoms with Crippen LogP contribution >= 0.6 is 15.9 Å². The minimum Gasteiger partial charge on any atom is -0.336 e. The van der Waals surface area contributed by atoms with Crippen molar-refractivity contribution in [2.45, 2.75) is 33.9 Å². The lowest BCUT2D eigenvalue weighted by molar-refractivity contribution is 0.0782. The number of carbonyl (C=O) groups is 1. The van der Waals surface area contributed by atoms with E-state index in [0.717, 1.165) is 33.4 Å². The molecule has 1 amide bonds. The van der Waals surface area contributed by atoms with Gasteiger partial charge >= 0.3 is 0 Å². The van der Waals surface area contributed by atoms with Gasteiger partial charge in [-0.3, -0.25) is 9.48 Å². The van der Waals surface area contributed by atoms with Crippen molar-refractivity contribution in [1.82, 2.24) is 14.7 Å². The van der Waals surface area contributed by atoms with E-state index in [2.05, 4.69) is 21.0 Å². The Hall–Kier alpha value is -1.62. The first-order valence-electron chi connectivity index (χ1n) is 6.97. The van der Waals surface area contributed by atoms with E-state index in [1.165, 1.54) is 0 Å². The predicted molar refractivity (Wildman–Crippen MR) is 87.3 cm³/mol. The molecule has 5 heteroatoms. The van der Waals surface area contributed by atoms with Gasteiger partial charge in [-0.2, -0.15) is 5.10 Å². The number of aryl methyl sites for hydroxylation is 3. The van der Waals surface area contributed by atoms with E-state index in [9.17, 15) is 4.79 Å². The molecule has 0 N–H and O–H groups in total. The third-order valence-corrected chi connectivity index (χ3v) is 4.12. The monoisotopic (exact) mass is 349 g/mol. The molecule has 0 fully saturated rings. The zero-order valence-corrected chi connectivity index (χ0v) is 14.4. The number of hydrogen-bond donors (Lipinski definition) is 0. The Kier molecular flexibility index (Phi) is 4.83. The van der Waals surface area contributed by atoms with Gasteiger partial charge in [0.15, 0.2) is 0 Å². The summed E-state index contributed by atoms with van der Waals surface area (Å²) in [6.07, 6.45) is 1.94. The second-order valence-electron chi connectivity index (χ2n) is 5.26. The van der Waals surface area contributed by atoms with E-state index in [4.69, 9.17) is 0 Å². The lowest BCUT2D eigenvalue weighted by atomic mass is 10.0. The minimum atomic E-state index is 0.0189. The second kappa shape index (κ2) is 6.43. The van der Waals surface area contributed by atoms with Crippen molar-refractivity contribution >= 4 is 21.8 Å². The Balaban J connectivity index is 2.17. The molecule has 0 atom stereocenters. The standard InChI is InChI=1S/C16H20BrN3O/c1-5-20-9-14(17)15(18-20)10-19(4)16(21)13-7-6-11(2)8-12(13)3/h6-9H,5,10H2,1-4H3. The van der Waals surface area contributed by atoms with Crippen LogP contribution in [0.2, 0.25) is 0 Å². The Labute approximate surface area is 133 Å². The van der Waals surface area contributed by atoms with E-state index in [-0.39, 0.29) is 5.91 Å². The van der Waals surface area contributed by atoms with E-state index in [0.29, 0.717) is 6.54 Å². The zero-order valence-electron chi connectivity index (χ0n) is 12.9. The van der Waals surface area contributed by atoms with Gasteiger partial charge in [0.1, 0.15) is 0 Å². The van der Waals surface area contributed by atoms with E-state index in [1.807, 2.05) is 49.8 Å². The Morgan fingerprint density at radius 2 is 2.10 bits per heavy atom. The average Bonchev–Trinajstić information content (AvgIpc) is 2.78. The van der Waals surface area contributed by atoms with Crippen LogP contribution in [0, 0.1) is 13.8 Å². The van der Waals surface area contributed by atoms with Crippen LogP contribution in [0.25, 0.3) is 0 Å². The van der Waals surface area contributed by atoms with Crippen molar-refractivity contribution in [3.05, 3.63) is 51.3 Å². The maximum atomic E-state index is 12.5. The van der Waals surface area contributed by atoms with Crippen molar-refractivity contribution < 1.29 is 4.79 Å². The summed E-state index contributed by atoms with van der Waals surface area (Å²) < 4.78 is 2.79. The number of carbonyl (C=O) groups excluding carboxylic acids is 1. The molecule has 0 aliphatic carbocycles. The van der Waals surface area contributed by atoms with Crippen LogP contribution in [-0.2, 0) is 13.1 Å². The van der Waals surface area contributed by atoms with Crippen LogP contribution in [0.3, 0.4) is 0 Å². The second-order valence-corrected chi connectivity index (χ2v) is 6.11. The predicted octanol–water partition coefficient (Wildman–Crippen LogP) is 3.55. The summed E-state index contributed by atoms with van der Waals surface area (Å²) in [6.45, 7) is 7.33. The highest BCUT2D eigenvalue weighted by Gasteiger charge is 2.17. The molecule has 0 saturated heterocycles. The number of amides is 1. The summed E-state index contributed by atoms with van der Waals surface area (Å²) in [4.78, 5) is 14.2. The van der Waals surface area contributed by atoms with Gasteiger partial charge in [-0.25, -0.2) is 0 Å². The van der Waals surface area contributed by atoms with Crippen molar-refractivity contribution in [2.24, 2.45) is 0 Å². The summed E-state index contributed by atoms with van der Waals surface area (Å²) in [5.74, 6) is 0.0189. The van der Waals surface area contributed by atoms with Crippen LogP contribution in [0.1, 0.15) is 34.1 Å². The highest BCUT2D eigenvalue weighted by atomic mass is 79.9. The largest absolute Gasteiger partial charge is 0.336 e. The van der Waals surface area contributed by atoms with E-state index >= 15 is 0 Å². The number of benzene rings is 1. The van der Waals surface area contributed by atoms with Gasteiger partial charge in [-0.05, 0) is 48.3 Å². The molecular weight excluding hydrogens is 330 g/mol. The molecule has 0 radical (unpaired) electrons. The molecule has 1 aromatic carbocycles. The molecule has 1 heterocycles. The number of aromatic nitrogens is 2. The Morgan fingerprint density at radius 3 is 2.67 bits per heavy atom. The minimum absolute atomic E-state index is 0.0189. The molecule has 1 aromatic heterocycles. The van der Waals surface area contributed by atoms with Gasteiger partial charge in [0, 0.05) is 25.4 Å². The summed E-state index contributed by atoms with van der Waals surface area (Å²) >= 11 is 3.49. The molecule has 0 saturated carbocycles. The third-order valence-electron chi connectivity index (χ3n) is 3.46. The molecule has 0 aliphatic rings. The summed E-state index contributed by atoms with van der Waals surface area (Å²) in [7, 11) is 1.80. The Bertz CT molecular complexity index is 664. The maximum absolute atomic E-state index is 12.5. The molecule has 2 aromatic rings. The first-order chi connectivity index (χ1) is 9.92. The van der Waals surface area contributed by atoms with E-state index < -0.39 is 0 Å². The maximum Gasteiger partial charge on any atom is 0.254 e. The molecular formula is C16H20BrN3O. The smallest absolute Gasteiger partial charge is 0.254 e. The van der Waals surface area contributed by atoms with Crippen molar-refractivity contribution in [3.8, 4) is 0 Å². The number of hydrogen-bond acceptors (Lipinski definition) is 2. The van der Waals surface area contributed by atoms with Crippen LogP contribution in [-0.4, -0.2) is 27.6 Å². The first kappa shape index (κ1) is 15.8. The van der Waals surface area contributed by atoms with Crippen LogP contribution < -0.4 is 0 Å². The van der Waals surface area contributed by atoms with Gasteiger partial charge in [0.2, 0.25) is 0 Å². The Morgan fingerprint density at radius 1 is 1.38 bits per heavy atom. The molecule has 0 unspecified atom stereocenters. The summed E-state index contributed by atoms with van der Waals surface area (Å²) in [5, 5.41) is 4.46. The molecule has 4 nitrogen and oxygen atoms in total. The number of rotatable bonds is 4. The SMILES string of the molecule is CCn1cc(Br)c(CN(C)C(=O)c2ccc(C)cc2C)n1. The first-order valence-corrected chi connectivity index (χ1v) is 7.76. The third kappa shape index (κ3) is 3.53. The molecule has 2 rings (SSSR count). The van der Waals surface area contributed by atoms with Crippen molar-refractivity contribution in [2.75, 3.05) is 7.05 Å². The molecule has 112 valence electrons. The van der Waals surface area contributed by atoms with Gasteiger partial charge in [0.05, 0.1) is 16.7 Å². The fraction of sp³-hybridized carbons (Fsp3) is 0.375. The van der Waals surface area contributed by atoms with Gasteiger partial charge < -0.3 is 4.90 Å². The quantitative estimate of drug-likeness (QED) is 0.846. The van der Waals surface area contributed by atoms with Crippen molar-refractivity contribution in [3.63, 3.8) is 0 Å². The highest BCUT2D eigenvalue weighted by Crippen LogP contribution is 2.18. The van der Waals surface area contributed by atoms with Crippen LogP contribution in [0.5, 0.6) is 0 Å².